The highest BCUT2D eigenvalue weighted by atomic mass is 79.9. The van der Waals surface area contributed by atoms with Gasteiger partial charge in [-0.25, -0.2) is 4.68 Å². The summed E-state index contributed by atoms with van der Waals surface area (Å²) >= 11 is 3.35. The number of aryl methyl sites for hydroxylation is 2. The molecule has 0 spiro atoms. The Morgan fingerprint density at radius 1 is 1.60 bits per heavy atom. The molecule has 0 unspecified atom stereocenters. The van der Waals surface area contributed by atoms with Crippen LogP contribution in [0.2, 0.25) is 0 Å². The standard InChI is InChI=1S/C6H9BrN2O/c1-4-5(7)6(10-3)9(2)8-4/h1-3H3. The maximum absolute atomic E-state index is 5.05. The minimum absolute atomic E-state index is 0.762. The van der Waals surface area contributed by atoms with Gasteiger partial charge in [-0.3, -0.25) is 0 Å². The molecule has 0 fully saturated rings. The molecule has 0 aliphatic rings. The first-order valence-electron chi connectivity index (χ1n) is 2.90. The second-order valence-corrected chi connectivity index (χ2v) is 2.83. The summed E-state index contributed by atoms with van der Waals surface area (Å²) in [5, 5.41) is 4.13. The number of nitrogens with zero attached hydrogens (tertiary/aromatic N) is 2. The van der Waals surface area contributed by atoms with Crippen molar-refractivity contribution in [3.05, 3.63) is 10.2 Å². The third-order valence-corrected chi connectivity index (χ3v) is 2.21. The molecule has 0 amide bonds. The normalized spacial score (nSPS) is 10.0. The van der Waals surface area contributed by atoms with Crippen LogP contribution in [0.1, 0.15) is 5.69 Å². The third-order valence-electron chi connectivity index (χ3n) is 1.29. The SMILES string of the molecule is COc1c(Br)c(C)nn1C. The molecule has 0 aromatic carbocycles. The number of aromatic nitrogens is 2. The number of halogens is 1. The Balaban J connectivity index is 3.20. The van der Waals surface area contributed by atoms with E-state index in [0.717, 1.165) is 16.0 Å². The van der Waals surface area contributed by atoms with Crippen LogP contribution in [-0.4, -0.2) is 16.9 Å². The van der Waals surface area contributed by atoms with Gasteiger partial charge in [0.2, 0.25) is 5.88 Å². The molecule has 0 bridgehead atoms. The summed E-state index contributed by atoms with van der Waals surface area (Å²) < 4.78 is 7.67. The van der Waals surface area contributed by atoms with Gasteiger partial charge in [0.1, 0.15) is 4.47 Å². The Morgan fingerprint density at radius 2 is 2.20 bits per heavy atom. The summed E-state index contributed by atoms with van der Waals surface area (Å²) in [5.41, 5.74) is 0.944. The van der Waals surface area contributed by atoms with Gasteiger partial charge >= 0.3 is 0 Å². The Labute approximate surface area is 68.1 Å². The van der Waals surface area contributed by atoms with E-state index in [1.165, 1.54) is 0 Å². The molecule has 4 heteroatoms. The van der Waals surface area contributed by atoms with Crippen LogP contribution in [0.15, 0.2) is 4.47 Å². The molecular weight excluding hydrogens is 196 g/mol. The minimum Gasteiger partial charge on any atom is -0.480 e. The molecule has 1 aromatic rings. The minimum atomic E-state index is 0.762. The third kappa shape index (κ3) is 1.03. The van der Waals surface area contributed by atoms with Gasteiger partial charge in [0.25, 0.3) is 0 Å². The number of methoxy groups -OCH3 is 1. The van der Waals surface area contributed by atoms with Crippen molar-refractivity contribution in [2.75, 3.05) is 7.11 Å². The van der Waals surface area contributed by atoms with Crippen molar-refractivity contribution in [2.24, 2.45) is 7.05 Å². The molecular formula is C6H9BrN2O. The quantitative estimate of drug-likeness (QED) is 0.694. The Kier molecular flexibility index (Phi) is 1.99. The number of rotatable bonds is 1. The Morgan fingerprint density at radius 3 is 2.40 bits per heavy atom. The molecule has 1 rings (SSSR count). The lowest BCUT2D eigenvalue weighted by Crippen LogP contribution is -1.94. The lowest BCUT2D eigenvalue weighted by Gasteiger charge is -1.97. The van der Waals surface area contributed by atoms with Gasteiger partial charge in [-0.05, 0) is 22.9 Å². The summed E-state index contributed by atoms with van der Waals surface area (Å²) in [6.07, 6.45) is 0. The monoisotopic (exact) mass is 204 g/mol. The highest BCUT2D eigenvalue weighted by Crippen LogP contribution is 2.26. The van der Waals surface area contributed by atoms with Gasteiger partial charge in [0.15, 0.2) is 0 Å². The van der Waals surface area contributed by atoms with Crippen LogP contribution in [0.4, 0.5) is 0 Å². The second kappa shape index (κ2) is 2.62. The van der Waals surface area contributed by atoms with Crippen molar-refractivity contribution >= 4 is 15.9 Å². The van der Waals surface area contributed by atoms with Crippen LogP contribution in [0.25, 0.3) is 0 Å². The fourth-order valence-corrected chi connectivity index (χ4v) is 1.33. The van der Waals surface area contributed by atoms with E-state index in [1.54, 1.807) is 11.8 Å². The summed E-state index contributed by atoms with van der Waals surface area (Å²) in [6.45, 7) is 1.92. The maximum atomic E-state index is 5.05. The largest absolute Gasteiger partial charge is 0.480 e. The smallest absolute Gasteiger partial charge is 0.226 e. The van der Waals surface area contributed by atoms with Gasteiger partial charge in [0.05, 0.1) is 12.8 Å². The molecule has 10 heavy (non-hydrogen) atoms. The molecule has 0 saturated carbocycles. The molecule has 0 aliphatic heterocycles. The van der Waals surface area contributed by atoms with Crippen LogP contribution >= 0.6 is 15.9 Å². The highest BCUT2D eigenvalue weighted by Gasteiger charge is 2.09. The number of ether oxygens (including phenoxy) is 1. The first kappa shape index (κ1) is 7.60. The summed E-state index contributed by atoms with van der Waals surface area (Å²) in [6, 6.07) is 0. The molecule has 0 N–H and O–H groups in total. The van der Waals surface area contributed by atoms with E-state index in [2.05, 4.69) is 21.0 Å². The van der Waals surface area contributed by atoms with Crippen molar-refractivity contribution in [3.63, 3.8) is 0 Å². The highest BCUT2D eigenvalue weighted by molar-refractivity contribution is 9.10. The summed E-state index contributed by atoms with van der Waals surface area (Å²) in [7, 11) is 3.47. The number of hydrogen-bond donors (Lipinski definition) is 0. The van der Waals surface area contributed by atoms with Gasteiger partial charge in [-0.1, -0.05) is 0 Å². The van der Waals surface area contributed by atoms with Crippen molar-refractivity contribution in [2.45, 2.75) is 6.92 Å². The van der Waals surface area contributed by atoms with Crippen molar-refractivity contribution in [1.82, 2.24) is 9.78 Å². The van der Waals surface area contributed by atoms with Gasteiger partial charge in [0, 0.05) is 7.05 Å². The Hall–Kier alpha value is -0.510. The van der Waals surface area contributed by atoms with Crippen LogP contribution in [0.5, 0.6) is 5.88 Å². The average molecular weight is 205 g/mol. The van der Waals surface area contributed by atoms with Crippen LogP contribution in [0.3, 0.4) is 0 Å². The van der Waals surface area contributed by atoms with E-state index in [4.69, 9.17) is 4.74 Å². The predicted octanol–water partition coefficient (Wildman–Crippen LogP) is 1.50. The van der Waals surface area contributed by atoms with Gasteiger partial charge < -0.3 is 4.74 Å². The van der Waals surface area contributed by atoms with E-state index in [0.29, 0.717) is 0 Å². The molecule has 0 saturated heterocycles. The topological polar surface area (TPSA) is 27.1 Å². The van der Waals surface area contributed by atoms with Crippen molar-refractivity contribution < 1.29 is 4.74 Å². The van der Waals surface area contributed by atoms with Crippen LogP contribution in [0, 0.1) is 6.92 Å². The van der Waals surface area contributed by atoms with Crippen LogP contribution < -0.4 is 4.74 Å². The fraction of sp³-hybridized carbons (Fsp3) is 0.500. The van der Waals surface area contributed by atoms with Crippen molar-refractivity contribution in [3.8, 4) is 5.88 Å². The summed E-state index contributed by atoms with van der Waals surface area (Å²) in [5.74, 6) is 0.762. The predicted molar refractivity (Wildman–Crippen MR) is 42.2 cm³/mol. The van der Waals surface area contributed by atoms with Crippen LogP contribution in [-0.2, 0) is 7.05 Å². The fourth-order valence-electron chi connectivity index (χ4n) is 0.833. The molecule has 0 aliphatic carbocycles. The lowest BCUT2D eigenvalue weighted by atomic mass is 10.5. The van der Waals surface area contributed by atoms with E-state index in [-0.39, 0.29) is 0 Å². The Bertz CT molecular complexity index is 244. The molecule has 56 valence electrons. The molecule has 0 radical (unpaired) electrons. The summed E-state index contributed by atoms with van der Waals surface area (Å²) in [4.78, 5) is 0. The van der Waals surface area contributed by atoms with E-state index in [1.807, 2.05) is 14.0 Å². The molecule has 1 heterocycles. The lowest BCUT2D eigenvalue weighted by molar-refractivity contribution is 0.371. The first-order valence-corrected chi connectivity index (χ1v) is 3.69. The molecule has 1 aromatic heterocycles. The second-order valence-electron chi connectivity index (χ2n) is 2.03. The van der Waals surface area contributed by atoms with E-state index in [9.17, 15) is 0 Å². The average Bonchev–Trinajstić information content (AvgIpc) is 2.09. The molecule has 0 atom stereocenters. The van der Waals surface area contributed by atoms with E-state index < -0.39 is 0 Å². The first-order chi connectivity index (χ1) is 4.66. The van der Waals surface area contributed by atoms with E-state index >= 15 is 0 Å². The molecule has 3 nitrogen and oxygen atoms in total. The zero-order valence-corrected chi connectivity index (χ0v) is 7.77. The number of hydrogen-bond acceptors (Lipinski definition) is 2. The van der Waals surface area contributed by atoms with Gasteiger partial charge in [-0.15, -0.1) is 0 Å². The van der Waals surface area contributed by atoms with Gasteiger partial charge in [-0.2, -0.15) is 5.10 Å². The zero-order chi connectivity index (χ0) is 7.72. The maximum Gasteiger partial charge on any atom is 0.226 e. The van der Waals surface area contributed by atoms with Crippen molar-refractivity contribution in [1.29, 1.82) is 0 Å². The zero-order valence-electron chi connectivity index (χ0n) is 6.18.